The van der Waals surface area contributed by atoms with Crippen molar-refractivity contribution in [2.24, 2.45) is 0 Å². The first kappa shape index (κ1) is 17.5. The average Bonchev–Trinajstić information content (AvgIpc) is 2.46. The highest BCUT2D eigenvalue weighted by molar-refractivity contribution is 5.87. The van der Waals surface area contributed by atoms with Gasteiger partial charge in [-0.05, 0) is 51.1 Å². The molecule has 0 heterocycles. The lowest BCUT2D eigenvalue weighted by atomic mass is 9.83. The number of nitrogens with two attached hydrogens (primary N) is 1. The minimum Gasteiger partial charge on any atom is -0.399 e. The standard InChI is InChI=1S/C17H29N3O/c1-5-12-20(6-2)13-11-19-16(21)17(3,4)14-7-9-15(18)10-8-14/h7-10H,5-6,11-13,18H2,1-4H3,(H,19,21). The maximum atomic E-state index is 12.4. The molecule has 4 nitrogen and oxygen atoms in total. The third-order valence-corrected chi connectivity index (χ3v) is 3.90. The number of anilines is 1. The molecule has 0 aliphatic rings. The molecule has 3 N–H and O–H groups in total. The molecule has 21 heavy (non-hydrogen) atoms. The number of hydrogen-bond acceptors (Lipinski definition) is 3. The molecule has 1 rings (SSSR count). The molecule has 0 atom stereocenters. The zero-order chi connectivity index (χ0) is 15.9. The van der Waals surface area contributed by atoms with Crippen molar-refractivity contribution in [2.45, 2.75) is 39.5 Å². The lowest BCUT2D eigenvalue weighted by Gasteiger charge is -2.26. The van der Waals surface area contributed by atoms with E-state index in [9.17, 15) is 4.79 Å². The number of likely N-dealkylation sites (N-methyl/N-ethyl adjacent to an activating group) is 1. The maximum absolute atomic E-state index is 12.4. The molecule has 1 aromatic rings. The van der Waals surface area contributed by atoms with Crippen molar-refractivity contribution in [3.05, 3.63) is 29.8 Å². The summed E-state index contributed by atoms with van der Waals surface area (Å²) in [5, 5.41) is 3.05. The van der Waals surface area contributed by atoms with Gasteiger partial charge >= 0.3 is 0 Å². The Hall–Kier alpha value is -1.55. The Labute approximate surface area is 128 Å². The molecule has 118 valence electrons. The second-order valence-electron chi connectivity index (χ2n) is 5.94. The summed E-state index contributed by atoms with van der Waals surface area (Å²) in [5.41, 5.74) is 6.85. The first-order valence-electron chi connectivity index (χ1n) is 7.78. The van der Waals surface area contributed by atoms with Crippen LogP contribution < -0.4 is 11.1 Å². The zero-order valence-corrected chi connectivity index (χ0v) is 13.8. The van der Waals surface area contributed by atoms with E-state index in [0.717, 1.165) is 31.6 Å². The van der Waals surface area contributed by atoms with Crippen molar-refractivity contribution in [3.8, 4) is 0 Å². The maximum Gasteiger partial charge on any atom is 0.230 e. The molecule has 1 amide bonds. The molecule has 0 aromatic heterocycles. The number of benzene rings is 1. The van der Waals surface area contributed by atoms with E-state index in [4.69, 9.17) is 5.73 Å². The molecule has 1 aromatic carbocycles. The summed E-state index contributed by atoms with van der Waals surface area (Å²) in [5.74, 6) is 0.0554. The number of nitrogens with zero attached hydrogens (tertiary/aromatic N) is 1. The van der Waals surface area contributed by atoms with Gasteiger partial charge in [-0.2, -0.15) is 0 Å². The number of amides is 1. The summed E-state index contributed by atoms with van der Waals surface area (Å²) < 4.78 is 0. The van der Waals surface area contributed by atoms with Gasteiger partial charge in [0.2, 0.25) is 5.91 Å². The number of carbonyl (C=O) groups is 1. The Morgan fingerprint density at radius 2 is 1.81 bits per heavy atom. The Morgan fingerprint density at radius 1 is 1.19 bits per heavy atom. The average molecular weight is 291 g/mol. The second-order valence-corrected chi connectivity index (χ2v) is 5.94. The van der Waals surface area contributed by atoms with Crippen LogP contribution in [0.2, 0.25) is 0 Å². The van der Waals surface area contributed by atoms with Gasteiger partial charge in [0.1, 0.15) is 0 Å². The molecule has 0 saturated heterocycles. The summed E-state index contributed by atoms with van der Waals surface area (Å²) in [4.78, 5) is 14.8. The number of rotatable bonds is 8. The molecule has 0 aliphatic heterocycles. The Morgan fingerprint density at radius 3 is 2.33 bits per heavy atom. The highest BCUT2D eigenvalue weighted by Crippen LogP contribution is 2.24. The Kier molecular flexibility index (Phi) is 6.69. The topological polar surface area (TPSA) is 58.4 Å². The lowest BCUT2D eigenvalue weighted by Crippen LogP contribution is -2.43. The van der Waals surface area contributed by atoms with Crippen LogP contribution in [0.3, 0.4) is 0 Å². The number of hydrogen-bond donors (Lipinski definition) is 2. The van der Waals surface area contributed by atoms with E-state index in [2.05, 4.69) is 24.1 Å². The van der Waals surface area contributed by atoms with E-state index in [0.29, 0.717) is 12.2 Å². The monoisotopic (exact) mass is 291 g/mol. The normalized spacial score (nSPS) is 11.7. The third-order valence-electron chi connectivity index (χ3n) is 3.90. The fourth-order valence-corrected chi connectivity index (χ4v) is 2.32. The molecular formula is C17H29N3O. The predicted octanol–water partition coefficient (Wildman–Crippen LogP) is 2.39. The highest BCUT2D eigenvalue weighted by atomic mass is 16.2. The van der Waals surface area contributed by atoms with E-state index in [1.54, 1.807) is 0 Å². The summed E-state index contributed by atoms with van der Waals surface area (Å²) in [6, 6.07) is 7.52. The SMILES string of the molecule is CCCN(CC)CCNC(=O)C(C)(C)c1ccc(N)cc1. The minimum absolute atomic E-state index is 0.0554. The van der Waals surface area contributed by atoms with Crippen LogP contribution >= 0.6 is 0 Å². The third kappa shape index (κ3) is 5.05. The zero-order valence-electron chi connectivity index (χ0n) is 13.8. The van der Waals surface area contributed by atoms with Crippen LogP contribution in [-0.4, -0.2) is 37.0 Å². The smallest absolute Gasteiger partial charge is 0.230 e. The molecule has 0 saturated carbocycles. The van der Waals surface area contributed by atoms with Crippen LogP contribution in [0.1, 0.15) is 39.7 Å². The van der Waals surface area contributed by atoms with Crippen molar-refractivity contribution in [1.29, 1.82) is 0 Å². The quantitative estimate of drug-likeness (QED) is 0.723. The molecule has 0 radical (unpaired) electrons. The summed E-state index contributed by atoms with van der Waals surface area (Å²) >= 11 is 0. The summed E-state index contributed by atoms with van der Waals surface area (Å²) in [7, 11) is 0. The number of nitrogens with one attached hydrogen (secondary N) is 1. The van der Waals surface area contributed by atoms with Gasteiger partial charge in [0.15, 0.2) is 0 Å². The fraction of sp³-hybridized carbons (Fsp3) is 0.588. The number of nitrogen functional groups attached to an aromatic ring is 1. The fourth-order valence-electron chi connectivity index (χ4n) is 2.32. The summed E-state index contributed by atoms with van der Waals surface area (Å²) in [6.07, 6.45) is 1.14. The van der Waals surface area contributed by atoms with E-state index in [1.807, 2.05) is 38.1 Å². The van der Waals surface area contributed by atoms with Crippen molar-refractivity contribution in [1.82, 2.24) is 10.2 Å². The van der Waals surface area contributed by atoms with Gasteiger partial charge in [0.05, 0.1) is 5.41 Å². The molecule has 0 fully saturated rings. The van der Waals surface area contributed by atoms with E-state index >= 15 is 0 Å². The highest BCUT2D eigenvalue weighted by Gasteiger charge is 2.29. The van der Waals surface area contributed by atoms with E-state index in [1.165, 1.54) is 0 Å². The van der Waals surface area contributed by atoms with Crippen LogP contribution in [0.5, 0.6) is 0 Å². The van der Waals surface area contributed by atoms with Gasteiger partial charge < -0.3 is 16.0 Å². The minimum atomic E-state index is -0.546. The predicted molar refractivity (Wildman–Crippen MR) is 89.3 cm³/mol. The second kappa shape index (κ2) is 8.03. The Balaban J connectivity index is 2.55. The van der Waals surface area contributed by atoms with Crippen molar-refractivity contribution in [2.75, 3.05) is 31.9 Å². The largest absolute Gasteiger partial charge is 0.399 e. The van der Waals surface area contributed by atoms with Crippen molar-refractivity contribution < 1.29 is 4.79 Å². The van der Waals surface area contributed by atoms with Gasteiger partial charge in [-0.15, -0.1) is 0 Å². The van der Waals surface area contributed by atoms with Gasteiger partial charge in [-0.1, -0.05) is 26.0 Å². The molecule has 4 heteroatoms. The van der Waals surface area contributed by atoms with Crippen LogP contribution in [0.25, 0.3) is 0 Å². The van der Waals surface area contributed by atoms with Gasteiger partial charge in [0.25, 0.3) is 0 Å². The van der Waals surface area contributed by atoms with Crippen LogP contribution in [0, 0.1) is 0 Å². The first-order valence-corrected chi connectivity index (χ1v) is 7.78. The first-order chi connectivity index (χ1) is 9.91. The summed E-state index contributed by atoms with van der Waals surface area (Å²) in [6.45, 7) is 11.9. The van der Waals surface area contributed by atoms with Crippen molar-refractivity contribution in [3.63, 3.8) is 0 Å². The van der Waals surface area contributed by atoms with Crippen LogP contribution in [0.15, 0.2) is 24.3 Å². The number of carbonyl (C=O) groups excluding carboxylic acids is 1. The van der Waals surface area contributed by atoms with Crippen LogP contribution in [0.4, 0.5) is 5.69 Å². The van der Waals surface area contributed by atoms with E-state index in [-0.39, 0.29) is 5.91 Å². The molecule has 0 aliphatic carbocycles. The van der Waals surface area contributed by atoms with E-state index < -0.39 is 5.41 Å². The van der Waals surface area contributed by atoms with Gasteiger partial charge in [0, 0.05) is 18.8 Å². The molecule has 0 unspecified atom stereocenters. The van der Waals surface area contributed by atoms with Gasteiger partial charge in [-0.3, -0.25) is 4.79 Å². The van der Waals surface area contributed by atoms with Crippen molar-refractivity contribution >= 4 is 11.6 Å². The Bertz CT molecular complexity index is 440. The van der Waals surface area contributed by atoms with Gasteiger partial charge in [-0.25, -0.2) is 0 Å². The molecule has 0 spiro atoms. The molecular weight excluding hydrogens is 262 g/mol. The molecule has 0 bridgehead atoms. The van der Waals surface area contributed by atoms with Crippen LogP contribution in [-0.2, 0) is 10.2 Å². The lowest BCUT2D eigenvalue weighted by molar-refractivity contribution is -0.125.